The number of hydrogen-bond acceptors (Lipinski definition) is 4. The highest BCUT2D eigenvalue weighted by molar-refractivity contribution is 5.86. The van der Waals surface area contributed by atoms with Gasteiger partial charge in [0, 0.05) is 41.2 Å². The SMILES string of the molecule is COC(OC)C(=O)CCC(=O)N(C)C. The van der Waals surface area contributed by atoms with E-state index < -0.39 is 6.29 Å². The molecule has 0 saturated carbocycles. The number of carbonyl (C=O) groups excluding carboxylic acids is 2. The minimum atomic E-state index is -0.857. The van der Waals surface area contributed by atoms with Crippen molar-refractivity contribution in [3.63, 3.8) is 0 Å². The van der Waals surface area contributed by atoms with E-state index in [4.69, 9.17) is 9.47 Å². The van der Waals surface area contributed by atoms with Crippen molar-refractivity contribution in [1.82, 2.24) is 4.90 Å². The van der Waals surface area contributed by atoms with Gasteiger partial charge in [0.1, 0.15) is 0 Å². The molecule has 0 aliphatic heterocycles. The second kappa shape index (κ2) is 6.50. The first-order valence-corrected chi connectivity index (χ1v) is 4.31. The van der Waals surface area contributed by atoms with E-state index in [9.17, 15) is 9.59 Å². The van der Waals surface area contributed by atoms with Crippen LogP contribution in [0.5, 0.6) is 0 Å². The van der Waals surface area contributed by atoms with E-state index in [0.29, 0.717) is 0 Å². The minimum Gasteiger partial charge on any atom is -0.349 e. The van der Waals surface area contributed by atoms with Crippen LogP contribution in [0.1, 0.15) is 12.8 Å². The van der Waals surface area contributed by atoms with E-state index in [1.54, 1.807) is 14.1 Å². The van der Waals surface area contributed by atoms with Gasteiger partial charge in [-0.05, 0) is 0 Å². The summed E-state index contributed by atoms with van der Waals surface area (Å²) in [5.41, 5.74) is 0. The molecule has 0 radical (unpaired) electrons. The summed E-state index contributed by atoms with van der Waals surface area (Å²) in [5.74, 6) is -0.297. The Morgan fingerprint density at radius 3 is 2.00 bits per heavy atom. The van der Waals surface area contributed by atoms with Crippen LogP contribution in [-0.4, -0.2) is 51.2 Å². The fourth-order valence-corrected chi connectivity index (χ4v) is 0.931. The number of amides is 1. The molecule has 82 valence electrons. The lowest BCUT2D eigenvalue weighted by atomic mass is 10.2. The zero-order valence-corrected chi connectivity index (χ0v) is 9.07. The van der Waals surface area contributed by atoms with Crippen molar-refractivity contribution in [2.45, 2.75) is 19.1 Å². The van der Waals surface area contributed by atoms with E-state index in [0.717, 1.165) is 0 Å². The summed E-state index contributed by atoms with van der Waals surface area (Å²) < 4.78 is 9.51. The lowest BCUT2D eigenvalue weighted by Gasteiger charge is -2.13. The minimum absolute atomic E-state index is 0.0793. The van der Waals surface area contributed by atoms with Gasteiger partial charge in [0.15, 0.2) is 5.78 Å². The second-order valence-corrected chi connectivity index (χ2v) is 3.06. The van der Waals surface area contributed by atoms with Crippen LogP contribution in [0.25, 0.3) is 0 Å². The van der Waals surface area contributed by atoms with Crippen LogP contribution < -0.4 is 0 Å². The van der Waals surface area contributed by atoms with Crippen LogP contribution in [0, 0.1) is 0 Å². The van der Waals surface area contributed by atoms with Crippen LogP contribution in [0.3, 0.4) is 0 Å². The highest BCUT2D eigenvalue weighted by atomic mass is 16.7. The number of ketones is 1. The zero-order valence-electron chi connectivity index (χ0n) is 9.07. The average Bonchev–Trinajstić information content (AvgIpc) is 2.15. The molecule has 0 saturated heterocycles. The largest absolute Gasteiger partial charge is 0.349 e. The van der Waals surface area contributed by atoms with Crippen LogP contribution in [0.4, 0.5) is 0 Å². The van der Waals surface area contributed by atoms with Crippen molar-refractivity contribution in [1.29, 1.82) is 0 Å². The van der Waals surface area contributed by atoms with Crippen LogP contribution >= 0.6 is 0 Å². The van der Waals surface area contributed by atoms with Gasteiger partial charge in [0.05, 0.1) is 0 Å². The first-order chi connectivity index (χ1) is 6.52. The van der Waals surface area contributed by atoms with Crippen molar-refractivity contribution < 1.29 is 19.1 Å². The van der Waals surface area contributed by atoms with Crippen LogP contribution in [0.15, 0.2) is 0 Å². The topological polar surface area (TPSA) is 55.8 Å². The lowest BCUT2D eigenvalue weighted by Crippen LogP contribution is -2.27. The van der Waals surface area contributed by atoms with Crippen molar-refractivity contribution in [3.05, 3.63) is 0 Å². The molecule has 0 aliphatic carbocycles. The lowest BCUT2D eigenvalue weighted by molar-refractivity contribution is -0.157. The Morgan fingerprint density at radius 1 is 1.14 bits per heavy atom. The van der Waals surface area contributed by atoms with Gasteiger partial charge >= 0.3 is 0 Å². The summed E-state index contributed by atoms with van der Waals surface area (Å²) in [4.78, 5) is 23.9. The Morgan fingerprint density at radius 2 is 1.64 bits per heavy atom. The number of Topliss-reactive ketones (excluding diaryl/α,β-unsaturated/α-hetero) is 1. The summed E-state index contributed by atoms with van der Waals surface area (Å²) in [6.07, 6.45) is -0.525. The molecule has 0 N–H and O–H groups in total. The molecule has 0 rings (SSSR count). The summed E-state index contributed by atoms with van der Waals surface area (Å²) >= 11 is 0. The predicted octanol–water partition coefficient (Wildman–Crippen LogP) is 0.0428. The number of hydrogen-bond donors (Lipinski definition) is 0. The molecule has 0 aromatic heterocycles. The van der Waals surface area contributed by atoms with Gasteiger partial charge in [-0.3, -0.25) is 9.59 Å². The molecule has 0 fully saturated rings. The third kappa shape index (κ3) is 4.34. The van der Waals surface area contributed by atoms with Gasteiger partial charge in [-0.25, -0.2) is 0 Å². The van der Waals surface area contributed by atoms with Crippen molar-refractivity contribution in [2.24, 2.45) is 0 Å². The highest BCUT2D eigenvalue weighted by Crippen LogP contribution is 2.01. The fourth-order valence-electron chi connectivity index (χ4n) is 0.931. The van der Waals surface area contributed by atoms with Crippen molar-refractivity contribution in [3.8, 4) is 0 Å². The van der Waals surface area contributed by atoms with Gasteiger partial charge in [-0.15, -0.1) is 0 Å². The van der Waals surface area contributed by atoms with Gasteiger partial charge in [-0.2, -0.15) is 0 Å². The predicted molar refractivity (Wildman–Crippen MR) is 50.7 cm³/mol. The monoisotopic (exact) mass is 203 g/mol. The van der Waals surface area contributed by atoms with E-state index in [1.807, 2.05) is 0 Å². The Bertz CT molecular complexity index is 199. The summed E-state index contributed by atoms with van der Waals surface area (Å²) in [6.45, 7) is 0. The zero-order chi connectivity index (χ0) is 11.1. The maximum absolute atomic E-state index is 11.3. The molecular weight excluding hydrogens is 186 g/mol. The Hall–Kier alpha value is -0.940. The third-order valence-electron chi connectivity index (χ3n) is 1.78. The van der Waals surface area contributed by atoms with Crippen LogP contribution in [-0.2, 0) is 19.1 Å². The molecule has 0 aromatic rings. The maximum Gasteiger partial charge on any atom is 0.222 e. The molecule has 0 unspecified atom stereocenters. The quantitative estimate of drug-likeness (QED) is 0.572. The maximum atomic E-state index is 11.3. The summed E-state index contributed by atoms with van der Waals surface area (Å²) in [7, 11) is 6.08. The number of carbonyl (C=O) groups is 2. The second-order valence-electron chi connectivity index (χ2n) is 3.06. The Kier molecular flexibility index (Phi) is 6.07. The smallest absolute Gasteiger partial charge is 0.222 e. The van der Waals surface area contributed by atoms with E-state index in [-0.39, 0.29) is 24.5 Å². The number of rotatable bonds is 6. The molecular formula is C9H17NO4. The standard InChI is InChI=1S/C9H17NO4/c1-10(2)8(12)6-5-7(11)9(13-3)14-4/h9H,5-6H2,1-4H3. The van der Waals surface area contributed by atoms with Crippen molar-refractivity contribution in [2.75, 3.05) is 28.3 Å². The Balaban J connectivity index is 3.89. The molecule has 0 spiro atoms. The van der Waals surface area contributed by atoms with Crippen LogP contribution in [0.2, 0.25) is 0 Å². The normalized spacial score (nSPS) is 10.4. The molecule has 0 bridgehead atoms. The molecule has 14 heavy (non-hydrogen) atoms. The molecule has 0 heterocycles. The van der Waals surface area contributed by atoms with E-state index in [1.165, 1.54) is 19.1 Å². The van der Waals surface area contributed by atoms with E-state index >= 15 is 0 Å². The van der Waals surface area contributed by atoms with Gasteiger partial charge in [0.2, 0.25) is 12.2 Å². The van der Waals surface area contributed by atoms with Gasteiger partial charge in [-0.1, -0.05) is 0 Å². The fraction of sp³-hybridized carbons (Fsp3) is 0.778. The first kappa shape index (κ1) is 13.1. The third-order valence-corrected chi connectivity index (χ3v) is 1.78. The highest BCUT2D eigenvalue weighted by Gasteiger charge is 2.17. The summed E-state index contributed by atoms with van der Waals surface area (Å²) in [5, 5.41) is 0. The van der Waals surface area contributed by atoms with Gasteiger partial charge in [0.25, 0.3) is 0 Å². The molecule has 5 heteroatoms. The molecule has 0 atom stereocenters. The molecule has 0 aliphatic rings. The number of methoxy groups -OCH3 is 2. The van der Waals surface area contributed by atoms with E-state index in [2.05, 4.69) is 0 Å². The Labute approximate surface area is 84.0 Å². The number of nitrogens with zero attached hydrogens (tertiary/aromatic N) is 1. The first-order valence-electron chi connectivity index (χ1n) is 4.31. The molecule has 5 nitrogen and oxygen atoms in total. The van der Waals surface area contributed by atoms with Crippen molar-refractivity contribution >= 4 is 11.7 Å². The molecule has 1 amide bonds. The van der Waals surface area contributed by atoms with Gasteiger partial charge < -0.3 is 14.4 Å². The number of ether oxygens (including phenoxy) is 2. The summed E-state index contributed by atoms with van der Waals surface area (Å²) in [6, 6.07) is 0. The molecule has 0 aromatic carbocycles. The average molecular weight is 203 g/mol.